The third-order valence-corrected chi connectivity index (χ3v) is 3.96. The molecule has 0 saturated carbocycles. The van der Waals surface area contributed by atoms with Crippen LogP contribution in [0.4, 0.5) is 5.82 Å². The van der Waals surface area contributed by atoms with Gasteiger partial charge in [0.1, 0.15) is 17.2 Å². The Morgan fingerprint density at radius 1 is 1.19 bits per heavy atom. The van der Waals surface area contributed by atoms with E-state index >= 15 is 0 Å². The maximum atomic E-state index is 6.12. The Morgan fingerprint density at radius 3 is 2.67 bits per heavy atom. The lowest BCUT2D eigenvalue weighted by atomic mass is 10.0. The Morgan fingerprint density at radius 2 is 1.95 bits per heavy atom. The molecular formula is C17H21N3O. The molecule has 0 bridgehead atoms. The minimum Gasteiger partial charge on any atom is -0.486 e. The first-order valence-corrected chi connectivity index (χ1v) is 7.25. The fraction of sp³-hybridized carbons (Fsp3) is 0.412. The first kappa shape index (κ1) is 13.9. The molecule has 0 saturated heterocycles. The van der Waals surface area contributed by atoms with E-state index in [2.05, 4.69) is 41.3 Å². The van der Waals surface area contributed by atoms with E-state index in [0.717, 1.165) is 40.6 Å². The maximum absolute atomic E-state index is 6.12. The predicted octanol–water partition coefficient (Wildman–Crippen LogP) is 3.52. The number of hydrogen-bond donors (Lipinski definition) is 1. The standard InChI is InChI=1S/C17H21N3O/c1-10-11(2)19-16(20-15(10)18-5)13-8-6-7-12-9-17(3,4)21-14(12)13/h6-8H,9H2,1-5H3,(H,18,19,20). The van der Waals surface area contributed by atoms with Gasteiger partial charge in [-0.25, -0.2) is 9.97 Å². The van der Waals surface area contributed by atoms with Crippen LogP contribution in [0.2, 0.25) is 0 Å². The summed E-state index contributed by atoms with van der Waals surface area (Å²) in [4.78, 5) is 9.29. The number of nitrogens with zero attached hydrogens (tertiary/aromatic N) is 2. The van der Waals surface area contributed by atoms with Crippen molar-refractivity contribution in [2.75, 3.05) is 12.4 Å². The van der Waals surface area contributed by atoms with Crippen LogP contribution < -0.4 is 10.1 Å². The molecule has 0 atom stereocenters. The molecule has 0 fully saturated rings. The van der Waals surface area contributed by atoms with Crippen LogP contribution in [-0.2, 0) is 6.42 Å². The molecule has 0 unspecified atom stereocenters. The average Bonchev–Trinajstić information content (AvgIpc) is 2.75. The van der Waals surface area contributed by atoms with Gasteiger partial charge in [-0.15, -0.1) is 0 Å². The molecule has 1 aliphatic rings. The van der Waals surface area contributed by atoms with Gasteiger partial charge in [-0.05, 0) is 39.3 Å². The van der Waals surface area contributed by atoms with Crippen molar-refractivity contribution in [2.45, 2.75) is 39.7 Å². The number of aromatic nitrogens is 2. The molecule has 1 aromatic heterocycles. The van der Waals surface area contributed by atoms with Crippen molar-refractivity contribution in [2.24, 2.45) is 0 Å². The highest BCUT2D eigenvalue weighted by molar-refractivity contribution is 5.69. The van der Waals surface area contributed by atoms with Crippen molar-refractivity contribution in [3.63, 3.8) is 0 Å². The predicted molar refractivity (Wildman–Crippen MR) is 84.9 cm³/mol. The monoisotopic (exact) mass is 283 g/mol. The van der Waals surface area contributed by atoms with Crippen molar-refractivity contribution < 1.29 is 4.74 Å². The molecule has 110 valence electrons. The van der Waals surface area contributed by atoms with E-state index in [1.807, 2.05) is 27.0 Å². The van der Waals surface area contributed by atoms with E-state index in [1.54, 1.807) is 0 Å². The van der Waals surface area contributed by atoms with Gasteiger partial charge in [0.25, 0.3) is 0 Å². The van der Waals surface area contributed by atoms with Crippen molar-refractivity contribution in [1.82, 2.24) is 9.97 Å². The summed E-state index contributed by atoms with van der Waals surface area (Å²) in [6, 6.07) is 6.20. The van der Waals surface area contributed by atoms with Crippen molar-refractivity contribution >= 4 is 5.82 Å². The van der Waals surface area contributed by atoms with Gasteiger partial charge in [-0.2, -0.15) is 0 Å². The van der Waals surface area contributed by atoms with E-state index < -0.39 is 0 Å². The molecule has 3 rings (SSSR count). The Balaban J connectivity index is 2.16. The molecule has 21 heavy (non-hydrogen) atoms. The molecule has 0 radical (unpaired) electrons. The largest absolute Gasteiger partial charge is 0.486 e. The number of aryl methyl sites for hydroxylation is 1. The number of benzene rings is 1. The second-order valence-corrected chi connectivity index (χ2v) is 6.19. The third kappa shape index (κ3) is 2.35. The minimum atomic E-state index is -0.163. The van der Waals surface area contributed by atoms with E-state index in [-0.39, 0.29) is 5.60 Å². The smallest absolute Gasteiger partial charge is 0.165 e. The minimum absolute atomic E-state index is 0.163. The summed E-state index contributed by atoms with van der Waals surface area (Å²) in [6.45, 7) is 8.25. The molecule has 0 aliphatic carbocycles. The third-order valence-electron chi connectivity index (χ3n) is 3.96. The summed E-state index contributed by atoms with van der Waals surface area (Å²) in [7, 11) is 1.88. The van der Waals surface area contributed by atoms with Crippen LogP contribution >= 0.6 is 0 Å². The van der Waals surface area contributed by atoms with Crippen LogP contribution in [0.25, 0.3) is 11.4 Å². The second kappa shape index (κ2) is 4.72. The average molecular weight is 283 g/mol. The Labute approximate surface area is 125 Å². The van der Waals surface area contributed by atoms with Crippen LogP contribution in [-0.4, -0.2) is 22.6 Å². The van der Waals surface area contributed by atoms with Gasteiger partial charge in [0.2, 0.25) is 0 Å². The normalized spacial score (nSPS) is 15.5. The number of para-hydroxylation sites is 1. The molecule has 4 heteroatoms. The van der Waals surface area contributed by atoms with Gasteiger partial charge in [0, 0.05) is 24.7 Å². The zero-order valence-corrected chi connectivity index (χ0v) is 13.2. The van der Waals surface area contributed by atoms with Gasteiger partial charge in [0.15, 0.2) is 5.82 Å². The second-order valence-electron chi connectivity index (χ2n) is 6.19. The lowest BCUT2D eigenvalue weighted by Gasteiger charge is -2.18. The van der Waals surface area contributed by atoms with Crippen molar-refractivity contribution in [3.05, 3.63) is 35.0 Å². The Kier molecular flexibility index (Phi) is 3.12. The number of ether oxygens (including phenoxy) is 1. The summed E-state index contributed by atoms with van der Waals surface area (Å²) in [5.41, 5.74) is 4.10. The van der Waals surface area contributed by atoms with Crippen LogP contribution in [0.5, 0.6) is 5.75 Å². The van der Waals surface area contributed by atoms with Gasteiger partial charge >= 0.3 is 0 Å². The molecule has 2 heterocycles. The van der Waals surface area contributed by atoms with Crippen molar-refractivity contribution in [3.8, 4) is 17.1 Å². The quantitative estimate of drug-likeness (QED) is 0.916. The molecule has 0 spiro atoms. The lowest BCUT2D eigenvalue weighted by molar-refractivity contribution is 0.139. The summed E-state index contributed by atoms with van der Waals surface area (Å²) in [5.74, 6) is 2.51. The topological polar surface area (TPSA) is 47.0 Å². The van der Waals surface area contributed by atoms with E-state index in [0.29, 0.717) is 0 Å². The zero-order valence-electron chi connectivity index (χ0n) is 13.2. The highest BCUT2D eigenvalue weighted by Crippen LogP contribution is 2.41. The molecule has 2 aromatic rings. The summed E-state index contributed by atoms with van der Waals surface area (Å²) >= 11 is 0. The van der Waals surface area contributed by atoms with E-state index in [4.69, 9.17) is 4.74 Å². The fourth-order valence-electron chi connectivity index (χ4n) is 2.78. The van der Waals surface area contributed by atoms with Crippen LogP contribution in [0.1, 0.15) is 30.7 Å². The number of fused-ring (bicyclic) bond motifs is 1. The first-order chi connectivity index (χ1) is 9.91. The molecular weight excluding hydrogens is 262 g/mol. The van der Waals surface area contributed by atoms with Gasteiger partial charge < -0.3 is 10.1 Å². The molecule has 1 aliphatic heterocycles. The fourth-order valence-corrected chi connectivity index (χ4v) is 2.78. The lowest BCUT2D eigenvalue weighted by Crippen LogP contribution is -2.24. The molecule has 4 nitrogen and oxygen atoms in total. The van der Waals surface area contributed by atoms with Crippen LogP contribution in [0.15, 0.2) is 18.2 Å². The number of anilines is 1. The van der Waals surface area contributed by atoms with Gasteiger partial charge in [-0.1, -0.05) is 12.1 Å². The van der Waals surface area contributed by atoms with E-state index in [9.17, 15) is 0 Å². The van der Waals surface area contributed by atoms with Crippen LogP contribution in [0, 0.1) is 13.8 Å². The SMILES string of the molecule is CNc1nc(-c2cccc3c2OC(C)(C)C3)nc(C)c1C. The van der Waals surface area contributed by atoms with Crippen molar-refractivity contribution in [1.29, 1.82) is 0 Å². The molecule has 1 aromatic carbocycles. The van der Waals surface area contributed by atoms with E-state index in [1.165, 1.54) is 5.56 Å². The summed E-state index contributed by atoms with van der Waals surface area (Å²) < 4.78 is 6.12. The summed E-state index contributed by atoms with van der Waals surface area (Å²) in [5, 5.41) is 3.14. The highest BCUT2D eigenvalue weighted by Gasteiger charge is 2.32. The Bertz CT molecular complexity index is 707. The van der Waals surface area contributed by atoms with Gasteiger partial charge in [-0.3, -0.25) is 0 Å². The maximum Gasteiger partial charge on any atom is 0.165 e. The Hall–Kier alpha value is -2.10. The number of rotatable bonds is 2. The number of nitrogens with one attached hydrogen (secondary N) is 1. The zero-order chi connectivity index (χ0) is 15.2. The molecule has 0 amide bonds. The highest BCUT2D eigenvalue weighted by atomic mass is 16.5. The van der Waals surface area contributed by atoms with Crippen LogP contribution in [0.3, 0.4) is 0 Å². The summed E-state index contributed by atoms with van der Waals surface area (Å²) in [6.07, 6.45) is 0.917. The van der Waals surface area contributed by atoms with Gasteiger partial charge in [0.05, 0.1) is 5.56 Å². The number of hydrogen-bond acceptors (Lipinski definition) is 4. The molecule has 1 N–H and O–H groups in total. The first-order valence-electron chi connectivity index (χ1n) is 7.25.